The molecule has 0 aliphatic heterocycles. The van der Waals surface area contributed by atoms with E-state index in [1.165, 1.54) is 5.56 Å². The molecule has 1 N–H and O–H groups in total. The number of hydrogen-bond donors (Lipinski definition) is 1. The largest absolute Gasteiger partial charge is 0.256 e. The third kappa shape index (κ3) is 2.13. The van der Waals surface area contributed by atoms with Gasteiger partial charge in [0.15, 0.2) is 0 Å². The van der Waals surface area contributed by atoms with Gasteiger partial charge in [-0.05, 0) is 5.56 Å². The molecular formula is C7H10OP+. The fourth-order valence-electron chi connectivity index (χ4n) is 0.720. The van der Waals surface area contributed by atoms with Crippen molar-refractivity contribution in [1.82, 2.24) is 0 Å². The summed E-state index contributed by atoms with van der Waals surface area (Å²) in [5.41, 5.74) is 1.23. The number of hydrogen-bond acceptors (Lipinski definition) is 1. The van der Waals surface area contributed by atoms with E-state index in [0.717, 1.165) is 6.16 Å². The molecule has 0 spiro atoms. The molecule has 0 heterocycles. The predicted molar refractivity (Wildman–Crippen MR) is 42.1 cm³/mol. The molecule has 9 heavy (non-hydrogen) atoms. The van der Waals surface area contributed by atoms with Gasteiger partial charge >= 0.3 is 0 Å². The van der Waals surface area contributed by atoms with Gasteiger partial charge in [0.2, 0.25) is 0 Å². The van der Waals surface area contributed by atoms with Crippen molar-refractivity contribution >= 4 is 8.81 Å². The second-order valence-corrected chi connectivity index (χ2v) is 2.65. The lowest BCUT2D eigenvalue weighted by Crippen LogP contribution is -1.73. The Balaban J connectivity index is 2.61. The van der Waals surface area contributed by atoms with Gasteiger partial charge in [-0.3, -0.25) is 4.89 Å². The van der Waals surface area contributed by atoms with Gasteiger partial charge in [-0.15, -0.1) is 0 Å². The Hall–Kier alpha value is -0.390. The van der Waals surface area contributed by atoms with E-state index < -0.39 is 0 Å². The van der Waals surface area contributed by atoms with Crippen molar-refractivity contribution in [1.29, 1.82) is 0 Å². The van der Waals surface area contributed by atoms with Crippen LogP contribution in [-0.2, 0) is 6.16 Å². The first-order valence-corrected chi connectivity index (χ1v) is 4.26. The molecule has 1 aromatic carbocycles. The van der Waals surface area contributed by atoms with E-state index in [-0.39, 0.29) is 8.81 Å². The average Bonchev–Trinajstić information content (AvgIpc) is 1.91. The zero-order chi connectivity index (χ0) is 6.53. The zero-order valence-electron chi connectivity index (χ0n) is 5.12. The Morgan fingerprint density at radius 2 is 1.89 bits per heavy atom. The van der Waals surface area contributed by atoms with E-state index in [1.54, 1.807) is 0 Å². The summed E-state index contributed by atoms with van der Waals surface area (Å²) in [6.45, 7) is 0. The van der Waals surface area contributed by atoms with Crippen LogP contribution in [0.25, 0.3) is 0 Å². The van der Waals surface area contributed by atoms with Crippen LogP contribution in [0.5, 0.6) is 0 Å². The Morgan fingerprint density at radius 1 is 1.22 bits per heavy atom. The van der Waals surface area contributed by atoms with E-state index in [0.29, 0.717) is 0 Å². The van der Waals surface area contributed by atoms with Gasteiger partial charge in [0.05, 0.1) is 0 Å². The smallest absolute Gasteiger partial charge is 0.121 e. The third-order valence-corrected chi connectivity index (χ3v) is 1.82. The van der Waals surface area contributed by atoms with E-state index in [9.17, 15) is 0 Å². The molecule has 48 valence electrons. The first-order valence-electron chi connectivity index (χ1n) is 2.93. The molecule has 0 fully saturated rings. The molecule has 1 atom stereocenters. The minimum atomic E-state index is -0.375. The summed E-state index contributed by atoms with van der Waals surface area (Å²) in [5.74, 6) is 0. The van der Waals surface area contributed by atoms with Crippen LogP contribution in [0, 0.1) is 0 Å². The molecular weight excluding hydrogens is 131 g/mol. The van der Waals surface area contributed by atoms with Crippen LogP contribution in [0.1, 0.15) is 5.56 Å². The van der Waals surface area contributed by atoms with Crippen LogP contribution in [0.4, 0.5) is 0 Å². The van der Waals surface area contributed by atoms with Gasteiger partial charge in [-0.1, -0.05) is 30.3 Å². The molecule has 1 rings (SSSR count). The summed E-state index contributed by atoms with van der Waals surface area (Å²) < 4.78 is 0. The molecule has 2 heteroatoms. The summed E-state index contributed by atoms with van der Waals surface area (Å²) in [6, 6.07) is 10.0. The minimum absolute atomic E-state index is 0.375. The average molecular weight is 141 g/mol. The Kier molecular flexibility index (Phi) is 2.69. The van der Waals surface area contributed by atoms with Crippen LogP contribution >= 0.6 is 8.81 Å². The molecule has 1 aromatic rings. The van der Waals surface area contributed by atoms with Crippen molar-refractivity contribution < 1.29 is 4.89 Å². The maximum Gasteiger partial charge on any atom is 0.121 e. The first kappa shape index (κ1) is 6.73. The molecule has 0 aromatic heterocycles. The lowest BCUT2D eigenvalue weighted by molar-refractivity contribution is 0.644. The minimum Gasteiger partial charge on any atom is -0.256 e. The predicted octanol–water partition coefficient (Wildman–Crippen LogP) is 1.50. The summed E-state index contributed by atoms with van der Waals surface area (Å²) >= 11 is 0. The first-order chi connectivity index (χ1) is 4.43. The van der Waals surface area contributed by atoms with Crippen molar-refractivity contribution in [3.05, 3.63) is 35.9 Å². The van der Waals surface area contributed by atoms with Crippen LogP contribution in [0.15, 0.2) is 30.3 Å². The van der Waals surface area contributed by atoms with E-state index in [1.807, 2.05) is 30.3 Å². The molecule has 1 unspecified atom stereocenters. The standard InChI is InChI=1S/C7H9OP/c8-9-6-7-4-2-1-3-5-7/h1-5,8-9H,6H2/p+1. The normalized spacial score (nSPS) is 10.8. The van der Waals surface area contributed by atoms with Crippen molar-refractivity contribution in [2.24, 2.45) is 0 Å². The lowest BCUT2D eigenvalue weighted by Gasteiger charge is -1.88. The van der Waals surface area contributed by atoms with Crippen molar-refractivity contribution in [2.45, 2.75) is 6.16 Å². The molecule has 0 bridgehead atoms. The van der Waals surface area contributed by atoms with Crippen LogP contribution in [0.2, 0.25) is 0 Å². The molecule has 0 aliphatic rings. The summed E-state index contributed by atoms with van der Waals surface area (Å²) in [6.07, 6.45) is 0.848. The molecule has 0 radical (unpaired) electrons. The molecule has 0 saturated heterocycles. The van der Waals surface area contributed by atoms with Gasteiger partial charge in [0, 0.05) is 0 Å². The topological polar surface area (TPSA) is 20.2 Å². The van der Waals surface area contributed by atoms with Crippen LogP contribution < -0.4 is 0 Å². The highest BCUT2D eigenvalue weighted by Crippen LogP contribution is 2.11. The van der Waals surface area contributed by atoms with Gasteiger partial charge in [0.1, 0.15) is 15.0 Å². The zero-order valence-corrected chi connectivity index (χ0v) is 6.27. The van der Waals surface area contributed by atoms with Gasteiger partial charge in [-0.2, -0.15) is 0 Å². The van der Waals surface area contributed by atoms with Crippen LogP contribution in [0.3, 0.4) is 0 Å². The third-order valence-electron chi connectivity index (χ3n) is 1.17. The summed E-state index contributed by atoms with van der Waals surface area (Å²) in [5, 5.41) is 0. The van der Waals surface area contributed by atoms with Gasteiger partial charge < -0.3 is 0 Å². The molecule has 0 amide bonds. The van der Waals surface area contributed by atoms with E-state index in [4.69, 9.17) is 4.89 Å². The van der Waals surface area contributed by atoms with Crippen molar-refractivity contribution in [2.75, 3.05) is 0 Å². The summed E-state index contributed by atoms with van der Waals surface area (Å²) in [4.78, 5) is 8.60. The molecule has 0 saturated carbocycles. The fraction of sp³-hybridized carbons (Fsp3) is 0.143. The second-order valence-electron chi connectivity index (χ2n) is 1.87. The van der Waals surface area contributed by atoms with E-state index >= 15 is 0 Å². The van der Waals surface area contributed by atoms with Crippen molar-refractivity contribution in [3.8, 4) is 0 Å². The number of rotatable bonds is 2. The van der Waals surface area contributed by atoms with Crippen molar-refractivity contribution in [3.63, 3.8) is 0 Å². The highest BCUT2D eigenvalue weighted by Gasteiger charge is 1.90. The summed E-state index contributed by atoms with van der Waals surface area (Å²) in [7, 11) is -0.375. The maximum atomic E-state index is 8.60. The maximum absolute atomic E-state index is 8.60. The Labute approximate surface area is 56.6 Å². The highest BCUT2D eigenvalue weighted by atomic mass is 31.1. The van der Waals surface area contributed by atoms with E-state index in [2.05, 4.69) is 0 Å². The Bertz CT molecular complexity index is 162. The Morgan fingerprint density at radius 3 is 2.44 bits per heavy atom. The fourth-order valence-corrected chi connectivity index (χ4v) is 1.20. The molecule has 1 nitrogen and oxygen atoms in total. The monoisotopic (exact) mass is 141 g/mol. The van der Waals surface area contributed by atoms with Gasteiger partial charge in [-0.25, -0.2) is 0 Å². The van der Waals surface area contributed by atoms with Crippen LogP contribution in [-0.4, -0.2) is 4.89 Å². The molecule has 0 aliphatic carbocycles. The highest BCUT2D eigenvalue weighted by molar-refractivity contribution is 7.30. The SMILES string of the molecule is O[PH2+]Cc1ccccc1. The lowest BCUT2D eigenvalue weighted by atomic mass is 10.2. The van der Waals surface area contributed by atoms with Gasteiger partial charge in [0.25, 0.3) is 0 Å². The number of benzene rings is 1. The second kappa shape index (κ2) is 3.60. The quantitative estimate of drug-likeness (QED) is 0.619.